The highest BCUT2D eigenvalue weighted by molar-refractivity contribution is 5.99. The summed E-state index contributed by atoms with van der Waals surface area (Å²) in [7, 11) is 0. The zero-order chi connectivity index (χ0) is 34.5. The molecule has 3 N–H and O–H groups in total. The Morgan fingerprint density at radius 1 is 0.875 bits per heavy atom. The Balaban J connectivity index is 1.38. The van der Waals surface area contributed by atoms with E-state index < -0.39 is 41.1 Å². The third kappa shape index (κ3) is 8.58. The van der Waals surface area contributed by atoms with Crippen molar-refractivity contribution >= 4 is 40.4 Å². The molecule has 1 saturated heterocycles. The molecule has 1 fully saturated rings. The maximum Gasteiger partial charge on any atom is 0.408 e. The Morgan fingerprint density at radius 3 is 2.23 bits per heavy atom. The molecule has 1 aromatic heterocycles. The predicted octanol–water partition coefficient (Wildman–Crippen LogP) is 5.22. The Labute approximate surface area is 281 Å². The number of aromatic nitrogens is 2. The molecule has 5 rings (SSSR count). The van der Waals surface area contributed by atoms with Crippen LogP contribution in [0.5, 0.6) is 0 Å². The van der Waals surface area contributed by atoms with Gasteiger partial charge >= 0.3 is 6.09 Å². The van der Waals surface area contributed by atoms with E-state index in [0.717, 1.165) is 34.7 Å². The third-order valence-electron chi connectivity index (χ3n) is 8.17. The van der Waals surface area contributed by atoms with Crippen molar-refractivity contribution < 1.29 is 23.9 Å². The monoisotopic (exact) mass is 652 g/mol. The molecule has 1 aliphatic rings. The molecule has 11 nitrogen and oxygen atoms in total. The number of carbonyl (C=O) groups is 4. The molecule has 4 aromatic rings. The van der Waals surface area contributed by atoms with E-state index in [9.17, 15) is 19.2 Å². The molecule has 4 amide bonds. The van der Waals surface area contributed by atoms with E-state index in [1.165, 1.54) is 6.33 Å². The number of hydrogen-bond acceptors (Lipinski definition) is 6. The minimum atomic E-state index is -1.40. The Kier molecular flexibility index (Phi) is 10.2. The van der Waals surface area contributed by atoms with Gasteiger partial charge in [-0.3, -0.25) is 14.4 Å². The number of likely N-dealkylation sites (tertiary alicyclic amines) is 1. The molecule has 2 atom stereocenters. The first-order chi connectivity index (χ1) is 22.8. The number of alkyl carbamates (subject to hydrolysis) is 1. The second-order valence-corrected chi connectivity index (χ2v) is 13.7. The molecular formula is C37H44N6O5. The maximum atomic E-state index is 13.9. The van der Waals surface area contributed by atoms with Gasteiger partial charge in [0.05, 0.1) is 6.33 Å². The summed E-state index contributed by atoms with van der Waals surface area (Å²) in [5, 5.41) is 10.3. The number of imidazole rings is 1. The number of hydrogen-bond donors (Lipinski definition) is 3. The summed E-state index contributed by atoms with van der Waals surface area (Å²) in [6.45, 7) is 9.69. The van der Waals surface area contributed by atoms with Gasteiger partial charge in [-0.1, -0.05) is 72.8 Å². The summed E-state index contributed by atoms with van der Waals surface area (Å²) in [5.74, 6) is -0.869. The summed E-state index contributed by atoms with van der Waals surface area (Å²) in [6, 6.07) is 21.6. The van der Waals surface area contributed by atoms with Gasteiger partial charge in [0.1, 0.15) is 23.2 Å². The molecule has 0 bridgehead atoms. The molecule has 48 heavy (non-hydrogen) atoms. The van der Waals surface area contributed by atoms with Crippen molar-refractivity contribution in [3.63, 3.8) is 0 Å². The minimum Gasteiger partial charge on any atom is -0.444 e. The van der Waals surface area contributed by atoms with Crippen LogP contribution in [0.1, 0.15) is 64.6 Å². The van der Waals surface area contributed by atoms with Crippen LogP contribution in [0.4, 0.5) is 10.6 Å². The van der Waals surface area contributed by atoms with Gasteiger partial charge in [0.25, 0.3) is 0 Å². The topological polar surface area (TPSA) is 135 Å². The van der Waals surface area contributed by atoms with Gasteiger partial charge in [-0.15, -0.1) is 0 Å². The number of anilines is 1. The summed E-state index contributed by atoms with van der Waals surface area (Å²) >= 11 is 0. The fourth-order valence-electron chi connectivity index (χ4n) is 5.71. The normalized spacial score (nSPS) is 14.6. The van der Waals surface area contributed by atoms with Crippen LogP contribution in [-0.2, 0) is 25.5 Å². The molecule has 0 spiro atoms. The molecular weight excluding hydrogens is 608 g/mol. The lowest BCUT2D eigenvalue weighted by molar-refractivity contribution is -0.132. The van der Waals surface area contributed by atoms with E-state index in [-0.39, 0.29) is 18.1 Å². The molecule has 2 heterocycles. The van der Waals surface area contributed by atoms with Crippen LogP contribution in [0.2, 0.25) is 0 Å². The summed E-state index contributed by atoms with van der Waals surface area (Å²) in [5.41, 5.74) is -0.509. The van der Waals surface area contributed by atoms with Crippen molar-refractivity contribution in [3.8, 4) is 0 Å². The highest BCUT2D eigenvalue weighted by atomic mass is 16.6. The Bertz CT molecular complexity index is 1770. The molecule has 2 unspecified atom stereocenters. The summed E-state index contributed by atoms with van der Waals surface area (Å²) in [4.78, 5) is 59.9. The molecule has 0 aliphatic carbocycles. The van der Waals surface area contributed by atoms with Gasteiger partial charge in [-0.2, -0.15) is 0 Å². The minimum absolute atomic E-state index is 0.0323. The van der Waals surface area contributed by atoms with E-state index in [1.54, 1.807) is 45.4 Å². The van der Waals surface area contributed by atoms with Crippen molar-refractivity contribution in [2.45, 2.75) is 77.1 Å². The zero-order valence-electron chi connectivity index (χ0n) is 28.2. The van der Waals surface area contributed by atoms with E-state index in [2.05, 4.69) is 20.9 Å². The average Bonchev–Trinajstić information content (AvgIpc) is 3.73. The standard InChI is InChI=1S/C37H44N6O5/c1-36(2,3)48-35(47)41-37(4,5)34(46)39-29(22-25-17-18-26-13-9-10-16-28(26)21-25)32(44)40-30-23-43(24-38-30)31(27-14-7-6-8-15-27)33(45)42-19-11-12-20-42/h6-10,13-18,21,23-24,29,31H,11-12,19-20,22H2,1-5H3,(H,39,46)(H,40,44)(H,41,47). The highest BCUT2D eigenvalue weighted by Gasteiger charge is 2.35. The van der Waals surface area contributed by atoms with Crippen molar-refractivity contribution in [1.82, 2.24) is 25.1 Å². The maximum absolute atomic E-state index is 13.9. The first-order valence-corrected chi connectivity index (χ1v) is 16.3. The Hall–Kier alpha value is -5.19. The smallest absolute Gasteiger partial charge is 0.408 e. The number of ether oxygens (including phenoxy) is 1. The van der Waals surface area contributed by atoms with Crippen LogP contribution in [0.15, 0.2) is 85.3 Å². The Morgan fingerprint density at radius 2 is 1.54 bits per heavy atom. The number of carbonyl (C=O) groups excluding carboxylic acids is 4. The van der Waals surface area contributed by atoms with Crippen molar-refractivity contribution in [3.05, 3.63) is 96.4 Å². The van der Waals surface area contributed by atoms with Crippen LogP contribution in [0.25, 0.3) is 10.8 Å². The zero-order valence-corrected chi connectivity index (χ0v) is 28.2. The van der Waals surface area contributed by atoms with Gasteiger partial charge in [-0.25, -0.2) is 9.78 Å². The van der Waals surface area contributed by atoms with Crippen molar-refractivity contribution in [1.29, 1.82) is 0 Å². The first kappa shape index (κ1) is 34.2. The van der Waals surface area contributed by atoms with Crippen LogP contribution in [-0.4, -0.2) is 68.5 Å². The summed E-state index contributed by atoms with van der Waals surface area (Å²) < 4.78 is 7.05. The lowest BCUT2D eigenvalue weighted by Gasteiger charge is -2.29. The lowest BCUT2D eigenvalue weighted by Crippen LogP contribution is -2.59. The number of nitrogens with zero attached hydrogens (tertiary/aromatic N) is 3. The van der Waals surface area contributed by atoms with Crippen LogP contribution >= 0.6 is 0 Å². The second-order valence-electron chi connectivity index (χ2n) is 13.7. The van der Waals surface area contributed by atoms with Crippen molar-refractivity contribution in [2.24, 2.45) is 0 Å². The largest absolute Gasteiger partial charge is 0.444 e. The van der Waals surface area contributed by atoms with Crippen LogP contribution in [0, 0.1) is 0 Å². The average molecular weight is 653 g/mol. The molecule has 11 heteroatoms. The van der Waals surface area contributed by atoms with Gasteiger partial charge in [0, 0.05) is 25.7 Å². The van der Waals surface area contributed by atoms with E-state index in [0.29, 0.717) is 13.1 Å². The molecule has 1 aliphatic heterocycles. The van der Waals surface area contributed by atoms with Gasteiger partial charge in [0.2, 0.25) is 17.7 Å². The van der Waals surface area contributed by atoms with Crippen LogP contribution in [0.3, 0.4) is 0 Å². The highest BCUT2D eigenvalue weighted by Crippen LogP contribution is 2.25. The van der Waals surface area contributed by atoms with E-state index in [4.69, 9.17) is 4.74 Å². The number of amides is 4. The molecule has 0 saturated carbocycles. The molecule has 3 aromatic carbocycles. The number of fused-ring (bicyclic) bond motifs is 1. The number of benzene rings is 3. The van der Waals surface area contributed by atoms with Gasteiger partial charge in [-0.05, 0) is 69.4 Å². The van der Waals surface area contributed by atoms with E-state index >= 15 is 0 Å². The molecule has 0 radical (unpaired) electrons. The number of nitrogens with one attached hydrogen (secondary N) is 3. The SMILES string of the molecule is CC(C)(C)OC(=O)NC(C)(C)C(=O)NC(Cc1ccc2ccccc2c1)C(=O)Nc1cn(C(C(=O)N2CCCC2)c2ccccc2)cn1. The van der Waals surface area contributed by atoms with Crippen molar-refractivity contribution in [2.75, 3.05) is 18.4 Å². The lowest BCUT2D eigenvalue weighted by atomic mass is 9.99. The fourth-order valence-corrected chi connectivity index (χ4v) is 5.71. The van der Waals surface area contributed by atoms with Crippen LogP contribution < -0.4 is 16.0 Å². The predicted molar refractivity (Wildman–Crippen MR) is 184 cm³/mol. The third-order valence-corrected chi connectivity index (χ3v) is 8.17. The second kappa shape index (κ2) is 14.3. The van der Waals surface area contributed by atoms with E-state index in [1.807, 2.05) is 77.7 Å². The fraction of sp³-hybridized carbons (Fsp3) is 0.378. The van der Waals surface area contributed by atoms with Gasteiger partial charge < -0.3 is 30.2 Å². The quantitative estimate of drug-likeness (QED) is 0.215. The molecule has 252 valence electrons. The van der Waals surface area contributed by atoms with Gasteiger partial charge in [0.15, 0.2) is 5.82 Å². The number of rotatable bonds is 10. The summed E-state index contributed by atoms with van der Waals surface area (Å²) in [6.07, 6.45) is 4.52. The first-order valence-electron chi connectivity index (χ1n) is 16.3.